The van der Waals surface area contributed by atoms with Crippen molar-refractivity contribution < 1.29 is 38.1 Å². The summed E-state index contributed by atoms with van der Waals surface area (Å²) < 4.78 is 40.7. The molecule has 2 heterocycles. The van der Waals surface area contributed by atoms with Crippen molar-refractivity contribution >= 4 is 33.4 Å². The maximum Gasteiger partial charge on any atom is 0.254 e. The maximum atomic E-state index is 15.2. The molecule has 8 rings (SSSR count). The minimum Gasteiger partial charge on any atom is -0.389 e. The van der Waals surface area contributed by atoms with Crippen LogP contribution in [0.4, 0.5) is 8.78 Å². The fourth-order valence-electron chi connectivity index (χ4n) is 7.47. The van der Waals surface area contributed by atoms with Crippen LogP contribution in [0.15, 0.2) is 115 Å². The van der Waals surface area contributed by atoms with Crippen molar-refractivity contribution in [1.82, 2.24) is 10.6 Å². The Morgan fingerprint density at radius 1 is 0.596 bits per heavy atom. The van der Waals surface area contributed by atoms with Gasteiger partial charge in [0.2, 0.25) is 0 Å². The highest BCUT2D eigenvalue weighted by Crippen LogP contribution is 2.29. The van der Waals surface area contributed by atoms with Gasteiger partial charge in [-0.3, -0.25) is 9.59 Å². The molecular weight excluding hydrogens is 727 g/mol. The van der Waals surface area contributed by atoms with E-state index < -0.39 is 47.7 Å². The molecule has 0 saturated carbocycles. The smallest absolute Gasteiger partial charge is 0.254 e. The molecule has 4 unspecified atom stereocenters. The zero-order valence-corrected chi connectivity index (χ0v) is 31.7. The lowest BCUT2D eigenvalue weighted by atomic mass is 9.94. The van der Waals surface area contributed by atoms with Gasteiger partial charge < -0.3 is 30.3 Å². The Morgan fingerprint density at radius 3 is 1.44 bits per heavy atom. The van der Waals surface area contributed by atoms with Crippen LogP contribution in [0.1, 0.15) is 61.4 Å². The highest BCUT2D eigenvalue weighted by molar-refractivity contribution is 6.01. The molecule has 0 spiro atoms. The molecule has 2 aliphatic heterocycles. The van der Waals surface area contributed by atoms with Crippen LogP contribution in [0.5, 0.6) is 0 Å². The molecule has 0 aromatic heterocycles. The molecule has 2 fully saturated rings. The predicted octanol–water partition coefficient (Wildman–Crippen LogP) is 7.21. The van der Waals surface area contributed by atoms with E-state index in [1.807, 2.05) is 85.8 Å². The highest BCUT2D eigenvalue weighted by Gasteiger charge is 2.29. The number of hydrogen-bond donors (Lipinski definition) is 4. The van der Waals surface area contributed by atoms with Crippen LogP contribution in [-0.4, -0.2) is 72.7 Å². The zero-order valence-electron chi connectivity index (χ0n) is 31.7. The van der Waals surface area contributed by atoms with E-state index in [0.717, 1.165) is 33.0 Å². The number of halogens is 2. The van der Waals surface area contributed by atoms with Crippen LogP contribution in [0.2, 0.25) is 0 Å². The lowest BCUT2D eigenvalue weighted by molar-refractivity contribution is -0.0261. The van der Waals surface area contributed by atoms with Gasteiger partial charge in [-0.25, -0.2) is 8.78 Å². The number of aryl methyl sites for hydroxylation is 1. The van der Waals surface area contributed by atoms with Gasteiger partial charge in [0, 0.05) is 24.0 Å². The second kappa shape index (κ2) is 18.2. The lowest BCUT2D eigenvalue weighted by Crippen LogP contribution is -2.48. The number of rotatable bonds is 8. The van der Waals surface area contributed by atoms with E-state index in [1.54, 1.807) is 36.4 Å². The Balaban J connectivity index is 0.000000174. The number of amides is 2. The number of carbonyl (C=O) groups excluding carboxylic acids is 2. The Labute approximate surface area is 330 Å². The summed E-state index contributed by atoms with van der Waals surface area (Å²) >= 11 is 0. The fourth-order valence-corrected chi connectivity index (χ4v) is 7.47. The number of fused-ring (bicyclic) bond motifs is 2. The van der Waals surface area contributed by atoms with Gasteiger partial charge in [-0.2, -0.15) is 0 Å². The summed E-state index contributed by atoms with van der Waals surface area (Å²) in [5.41, 5.74) is 5.15. The molecule has 57 heavy (non-hydrogen) atoms. The van der Waals surface area contributed by atoms with E-state index >= 15 is 8.78 Å². The summed E-state index contributed by atoms with van der Waals surface area (Å²) in [7, 11) is 0. The van der Waals surface area contributed by atoms with Crippen molar-refractivity contribution in [3.05, 3.63) is 166 Å². The second-order valence-corrected chi connectivity index (χ2v) is 14.7. The first-order chi connectivity index (χ1) is 27.7. The molecule has 294 valence electrons. The third-order valence-electron chi connectivity index (χ3n) is 10.7. The van der Waals surface area contributed by atoms with E-state index in [1.165, 1.54) is 5.56 Å². The van der Waals surface area contributed by atoms with E-state index in [9.17, 15) is 19.8 Å². The van der Waals surface area contributed by atoms with Gasteiger partial charge in [-0.05, 0) is 77.8 Å². The first-order valence-electron chi connectivity index (χ1n) is 19.3. The highest BCUT2D eigenvalue weighted by atomic mass is 19.1. The molecule has 0 radical (unpaired) electrons. The van der Waals surface area contributed by atoms with E-state index in [2.05, 4.69) is 10.6 Å². The summed E-state index contributed by atoms with van der Waals surface area (Å²) in [6, 6.07) is 34.9. The summed E-state index contributed by atoms with van der Waals surface area (Å²) in [6.45, 7) is 3.29. The molecule has 2 aliphatic rings. The molecule has 6 aromatic carbocycles. The normalized spacial score (nSPS) is 19.4. The van der Waals surface area contributed by atoms with Gasteiger partial charge >= 0.3 is 0 Å². The molecule has 6 aromatic rings. The number of ether oxygens (including phenoxy) is 2. The molecule has 0 aliphatic carbocycles. The van der Waals surface area contributed by atoms with Gasteiger partial charge in [0.25, 0.3) is 11.8 Å². The van der Waals surface area contributed by atoms with Crippen molar-refractivity contribution in [2.45, 2.75) is 56.9 Å². The number of carbonyl (C=O) groups is 2. The first-order valence-corrected chi connectivity index (χ1v) is 19.3. The fraction of sp³-hybridized carbons (Fsp3) is 0.277. The Morgan fingerprint density at radius 2 is 1.00 bits per heavy atom. The van der Waals surface area contributed by atoms with Crippen LogP contribution in [-0.2, 0) is 22.3 Å². The van der Waals surface area contributed by atoms with Crippen molar-refractivity contribution in [2.24, 2.45) is 0 Å². The van der Waals surface area contributed by atoms with Gasteiger partial charge in [-0.1, -0.05) is 109 Å². The molecule has 0 bridgehead atoms. The molecule has 4 N–H and O–H groups in total. The SMILES string of the molecule is Cc1ccc(Cc2cc(C(=O)NC3CCOCC3O)c(F)c3ccccc23)cc1.O=C(NC1CCOCC1O)c1cc(Cc2ccccc2)c2ccccc2c1F. The van der Waals surface area contributed by atoms with Crippen LogP contribution >= 0.6 is 0 Å². The van der Waals surface area contributed by atoms with E-state index in [0.29, 0.717) is 49.7 Å². The Kier molecular flexibility index (Phi) is 12.7. The Bertz CT molecular complexity index is 2350. The van der Waals surface area contributed by atoms with Crippen molar-refractivity contribution in [3.8, 4) is 0 Å². The van der Waals surface area contributed by atoms with Crippen LogP contribution in [0.25, 0.3) is 21.5 Å². The second-order valence-electron chi connectivity index (χ2n) is 14.7. The van der Waals surface area contributed by atoms with Crippen molar-refractivity contribution in [2.75, 3.05) is 26.4 Å². The van der Waals surface area contributed by atoms with E-state index in [-0.39, 0.29) is 24.3 Å². The minimum absolute atomic E-state index is 0.00308. The van der Waals surface area contributed by atoms with Crippen LogP contribution < -0.4 is 10.6 Å². The number of nitrogens with one attached hydrogen (secondary N) is 2. The standard InChI is InChI=1S/C24H24FNO3.C23H22FNO3/c1-15-6-8-16(9-7-15)12-17-13-20(23(25)19-5-3-2-4-18(17)19)24(28)26-21-10-11-29-14-22(21)27;24-22-18-9-5-4-8-17(18)16(12-15-6-2-1-3-7-15)13-19(22)23(27)25-20-10-11-28-14-21(20)26/h2-9,13,21-22,27H,10-12,14H2,1H3,(H,26,28);1-9,13,20-21,26H,10-12,14H2,(H,25,27). The summed E-state index contributed by atoms with van der Waals surface area (Å²) in [6.07, 6.45) is 0.619. The lowest BCUT2D eigenvalue weighted by Gasteiger charge is -2.28. The first kappa shape index (κ1) is 39.7. The number of aliphatic hydroxyl groups is 2. The number of hydrogen-bond acceptors (Lipinski definition) is 6. The quantitative estimate of drug-likeness (QED) is 0.130. The molecule has 4 atom stereocenters. The Hall–Kier alpha value is -5.52. The molecule has 10 heteroatoms. The maximum absolute atomic E-state index is 15.2. The topological polar surface area (TPSA) is 117 Å². The average Bonchev–Trinajstić information content (AvgIpc) is 3.23. The van der Waals surface area contributed by atoms with E-state index in [4.69, 9.17) is 9.47 Å². The van der Waals surface area contributed by atoms with Gasteiger partial charge in [0.05, 0.1) is 48.6 Å². The van der Waals surface area contributed by atoms with Crippen molar-refractivity contribution in [1.29, 1.82) is 0 Å². The van der Waals surface area contributed by atoms with Gasteiger partial charge in [-0.15, -0.1) is 0 Å². The largest absolute Gasteiger partial charge is 0.389 e. The average molecular weight is 773 g/mol. The number of aliphatic hydroxyl groups excluding tert-OH is 2. The van der Waals surface area contributed by atoms with Crippen molar-refractivity contribution in [3.63, 3.8) is 0 Å². The number of benzene rings is 6. The monoisotopic (exact) mass is 772 g/mol. The molecule has 8 nitrogen and oxygen atoms in total. The predicted molar refractivity (Wildman–Crippen MR) is 216 cm³/mol. The molecule has 2 amide bonds. The van der Waals surface area contributed by atoms with Crippen LogP contribution in [0, 0.1) is 18.6 Å². The third-order valence-corrected chi connectivity index (χ3v) is 10.7. The zero-order chi connectivity index (χ0) is 39.9. The molecular formula is C47H46F2N2O6. The summed E-state index contributed by atoms with van der Waals surface area (Å²) in [5.74, 6) is -2.09. The summed E-state index contributed by atoms with van der Waals surface area (Å²) in [5, 5.41) is 28.1. The van der Waals surface area contributed by atoms with Crippen LogP contribution in [0.3, 0.4) is 0 Å². The molecule has 2 saturated heterocycles. The summed E-state index contributed by atoms with van der Waals surface area (Å²) in [4.78, 5) is 25.7. The van der Waals surface area contributed by atoms with Gasteiger partial charge in [0.1, 0.15) is 11.6 Å². The van der Waals surface area contributed by atoms with Gasteiger partial charge in [0.15, 0.2) is 0 Å². The minimum atomic E-state index is -0.789. The third kappa shape index (κ3) is 9.38.